The number of ether oxygens (including phenoxy) is 1. The SMILES string of the molecule is CCN1CCN(CC(=O)N2N=C(c3ccccc3OC)C[C@H]2c2cc(C)ccc2C)CC1. The maximum atomic E-state index is 13.5. The summed E-state index contributed by atoms with van der Waals surface area (Å²) in [5, 5.41) is 6.61. The van der Waals surface area contributed by atoms with Crippen molar-refractivity contribution in [2.75, 3.05) is 46.4 Å². The third-order valence-electron chi connectivity index (χ3n) is 6.65. The number of piperazine rings is 1. The molecule has 0 spiro atoms. The van der Waals surface area contributed by atoms with Gasteiger partial charge in [0.05, 0.1) is 25.4 Å². The number of hydrazone groups is 1. The molecule has 0 radical (unpaired) electrons. The number of aryl methyl sites for hydroxylation is 2. The van der Waals surface area contributed by atoms with Crippen LogP contribution in [-0.2, 0) is 4.79 Å². The number of benzene rings is 2. The number of rotatable bonds is 6. The Bertz CT molecular complexity index is 995. The number of nitrogens with zero attached hydrogens (tertiary/aromatic N) is 4. The van der Waals surface area contributed by atoms with Crippen molar-refractivity contribution in [1.82, 2.24) is 14.8 Å². The third-order valence-corrected chi connectivity index (χ3v) is 6.65. The van der Waals surface area contributed by atoms with E-state index in [4.69, 9.17) is 9.84 Å². The quantitative estimate of drug-likeness (QED) is 0.697. The van der Waals surface area contributed by atoms with Crippen LogP contribution in [0.15, 0.2) is 47.6 Å². The number of likely N-dealkylation sites (N-methyl/N-ethyl adjacent to an activating group) is 1. The molecule has 32 heavy (non-hydrogen) atoms. The topological polar surface area (TPSA) is 48.4 Å². The average molecular weight is 435 g/mol. The van der Waals surface area contributed by atoms with E-state index in [0.29, 0.717) is 13.0 Å². The summed E-state index contributed by atoms with van der Waals surface area (Å²) in [5.41, 5.74) is 5.41. The fraction of sp³-hybridized carbons (Fsp3) is 0.462. The van der Waals surface area contributed by atoms with E-state index in [0.717, 1.165) is 49.7 Å². The van der Waals surface area contributed by atoms with Crippen LogP contribution in [0.1, 0.15) is 41.6 Å². The van der Waals surface area contributed by atoms with E-state index in [1.165, 1.54) is 16.7 Å². The zero-order valence-electron chi connectivity index (χ0n) is 19.7. The van der Waals surface area contributed by atoms with Crippen LogP contribution < -0.4 is 4.74 Å². The summed E-state index contributed by atoms with van der Waals surface area (Å²) >= 11 is 0. The molecule has 4 rings (SSSR count). The highest BCUT2D eigenvalue weighted by Crippen LogP contribution is 2.36. The van der Waals surface area contributed by atoms with Gasteiger partial charge in [0.25, 0.3) is 5.91 Å². The van der Waals surface area contributed by atoms with E-state index in [1.807, 2.05) is 24.3 Å². The Morgan fingerprint density at radius 3 is 2.50 bits per heavy atom. The number of carbonyl (C=O) groups excluding carboxylic acids is 1. The lowest BCUT2D eigenvalue weighted by molar-refractivity contribution is -0.134. The zero-order valence-corrected chi connectivity index (χ0v) is 19.7. The van der Waals surface area contributed by atoms with Crippen LogP contribution in [0.4, 0.5) is 0 Å². The van der Waals surface area contributed by atoms with Crippen molar-refractivity contribution in [2.45, 2.75) is 33.2 Å². The minimum Gasteiger partial charge on any atom is -0.496 e. The molecular formula is C26H34N4O2. The Balaban J connectivity index is 1.62. The molecule has 6 heteroatoms. The number of carbonyl (C=O) groups is 1. The van der Waals surface area contributed by atoms with Gasteiger partial charge in [-0.25, -0.2) is 5.01 Å². The van der Waals surface area contributed by atoms with Crippen molar-refractivity contribution in [1.29, 1.82) is 0 Å². The number of hydrogen-bond donors (Lipinski definition) is 0. The molecule has 0 saturated carbocycles. The van der Waals surface area contributed by atoms with Gasteiger partial charge < -0.3 is 9.64 Å². The van der Waals surface area contributed by atoms with Crippen molar-refractivity contribution in [3.05, 3.63) is 64.7 Å². The summed E-state index contributed by atoms with van der Waals surface area (Å²) in [5.74, 6) is 0.849. The highest BCUT2D eigenvalue weighted by molar-refractivity contribution is 6.05. The molecule has 1 fully saturated rings. The van der Waals surface area contributed by atoms with Gasteiger partial charge in [-0.2, -0.15) is 5.10 Å². The van der Waals surface area contributed by atoms with E-state index in [2.05, 4.69) is 48.8 Å². The molecule has 0 aliphatic carbocycles. The second-order valence-corrected chi connectivity index (χ2v) is 8.78. The van der Waals surface area contributed by atoms with Crippen LogP contribution in [0, 0.1) is 13.8 Å². The highest BCUT2D eigenvalue weighted by Gasteiger charge is 2.35. The largest absolute Gasteiger partial charge is 0.496 e. The summed E-state index contributed by atoms with van der Waals surface area (Å²) in [4.78, 5) is 18.2. The summed E-state index contributed by atoms with van der Waals surface area (Å²) < 4.78 is 5.58. The fourth-order valence-electron chi connectivity index (χ4n) is 4.67. The smallest absolute Gasteiger partial charge is 0.257 e. The molecule has 0 unspecified atom stereocenters. The molecule has 0 aromatic heterocycles. The van der Waals surface area contributed by atoms with Crippen molar-refractivity contribution < 1.29 is 9.53 Å². The van der Waals surface area contributed by atoms with E-state index in [1.54, 1.807) is 12.1 Å². The molecule has 2 aromatic rings. The highest BCUT2D eigenvalue weighted by atomic mass is 16.5. The van der Waals surface area contributed by atoms with Gasteiger partial charge in [-0.3, -0.25) is 9.69 Å². The molecule has 2 aliphatic heterocycles. The number of hydrogen-bond acceptors (Lipinski definition) is 5. The second kappa shape index (κ2) is 9.84. The summed E-state index contributed by atoms with van der Waals surface area (Å²) in [6.07, 6.45) is 0.681. The van der Waals surface area contributed by atoms with Gasteiger partial charge in [0.15, 0.2) is 0 Å². The number of methoxy groups -OCH3 is 1. The van der Waals surface area contributed by atoms with Crippen molar-refractivity contribution >= 4 is 11.6 Å². The van der Waals surface area contributed by atoms with Crippen molar-refractivity contribution in [2.24, 2.45) is 5.10 Å². The van der Waals surface area contributed by atoms with Gasteiger partial charge in [0.2, 0.25) is 0 Å². The molecule has 2 heterocycles. The lowest BCUT2D eigenvalue weighted by atomic mass is 9.93. The summed E-state index contributed by atoms with van der Waals surface area (Å²) in [6.45, 7) is 11.7. The molecule has 0 N–H and O–H groups in total. The first-order valence-corrected chi connectivity index (χ1v) is 11.5. The van der Waals surface area contributed by atoms with Crippen LogP contribution in [0.25, 0.3) is 0 Å². The lowest BCUT2D eigenvalue weighted by Crippen LogP contribution is -2.49. The maximum Gasteiger partial charge on any atom is 0.257 e. The monoisotopic (exact) mass is 434 g/mol. The molecule has 1 atom stereocenters. The Labute approximate surface area is 191 Å². The molecule has 0 bridgehead atoms. The van der Waals surface area contributed by atoms with Gasteiger partial charge in [0.1, 0.15) is 5.75 Å². The molecule has 2 aliphatic rings. The molecule has 170 valence electrons. The van der Waals surface area contributed by atoms with Gasteiger partial charge >= 0.3 is 0 Å². The predicted molar refractivity (Wildman–Crippen MR) is 128 cm³/mol. The van der Waals surface area contributed by atoms with Crippen molar-refractivity contribution in [3.8, 4) is 5.75 Å². The standard InChI is InChI=1S/C26H34N4O2/c1-5-28-12-14-29(15-13-28)18-26(31)30-24(22-16-19(2)10-11-20(22)3)17-23(27-30)21-8-6-7-9-25(21)32-4/h6-11,16,24H,5,12-15,17-18H2,1-4H3/t24-/m0/s1. The minimum absolute atomic E-state index is 0.0609. The molecular weight excluding hydrogens is 400 g/mol. The summed E-state index contributed by atoms with van der Waals surface area (Å²) in [7, 11) is 1.68. The zero-order chi connectivity index (χ0) is 22.7. The fourth-order valence-corrected chi connectivity index (χ4v) is 4.67. The van der Waals surface area contributed by atoms with Crippen LogP contribution >= 0.6 is 0 Å². The molecule has 6 nitrogen and oxygen atoms in total. The van der Waals surface area contributed by atoms with Crippen LogP contribution in [0.3, 0.4) is 0 Å². The van der Waals surface area contributed by atoms with Crippen molar-refractivity contribution in [3.63, 3.8) is 0 Å². The normalized spacial score (nSPS) is 19.8. The lowest BCUT2D eigenvalue weighted by Gasteiger charge is -2.34. The predicted octanol–water partition coefficient (Wildman–Crippen LogP) is 3.63. The third kappa shape index (κ3) is 4.71. The van der Waals surface area contributed by atoms with Gasteiger partial charge in [-0.1, -0.05) is 42.8 Å². The number of amides is 1. The Morgan fingerprint density at radius 1 is 1.06 bits per heavy atom. The van der Waals surface area contributed by atoms with Crippen LogP contribution in [0.2, 0.25) is 0 Å². The Kier molecular flexibility index (Phi) is 6.92. The first-order chi connectivity index (χ1) is 15.5. The van der Waals surface area contributed by atoms with E-state index >= 15 is 0 Å². The average Bonchev–Trinajstić information content (AvgIpc) is 3.26. The van der Waals surface area contributed by atoms with Gasteiger partial charge in [-0.15, -0.1) is 0 Å². The molecule has 1 saturated heterocycles. The van der Waals surface area contributed by atoms with E-state index < -0.39 is 0 Å². The second-order valence-electron chi connectivity index (χ2n) is 8.78. The minimum atomic E-state index is -0.0979. The van der Waals surface area contributed by atoms with E-state index in [9.17, 15) is 4.79 Å². The maximum absolute atomic E-state index is 13.5. The van der Waals surface area contributed by atoms with Gasteiger partial charge in [-0.05, 0) is 43.7 Å². The summed E-state index contributed by atoms with van der Waals surface area (Å²) in [6, 6.07) is 14.3. The van der Waals surface area contributed by atoms with Crippen LogP contribution in [0.5, 0.6) is 5.75 Å². The molecule has 2 aromatic carbocycles. The van der Waals surface area contributed by atoms with Crippen LogP contribution in [-0.4, -0.2) is 72.8 Å². The Hall–Kier alpha value is -2.70. The van der Waals surface area contributed by atoms with Gasteiger partial charge in [0, 0.05) is 38.2 Å². The number of para-hydroxylation sites is 1. The first-order valence-electron chi connectivity index (χ1n) is 11.5. The van der Waals surface area contributed by atoms with E-state index in [-0.39, 0.29) is 11.9 Å². The molecule has 1 amide bonds. The Morgan fingerprint density at radius 2 is 1.78 bits per heavy atom. The first kappa shape index (κ1) is 22.5.